The van der Waals surface area contributed by atoms with Crippen LogP contribution in [0, 0.1) is 0 Å². The van der Waals surface area contributed by atoms with Gasteiger partial charge in [0.15, 0.2) is 12.6 Å². The minimum atomic E-state index is -1.79. The first-order chi connectivity index (χ1) is 38.1. The molecule has 14 heteroatoms. The molecule has 0 radical (unpaired) electrons. The SMILES string of the molecule is CCCCCCC/C=C\C/C=C\CCCCCCCCCCCCCCCCCCCCCCCCCC(=O)NC(COC1OC(CO)C(OC2OC(CO)C(O)C(O)C2O)C(O)C1O)C(O)/C=C/CCCCCCCCC. The summed E-state index contributed by atoms with van der Waals surface area (Å²) in [6, 6.07) is -0.910. The lowest BCUT2D eigenvalue weighted by Gasteiger charge is -2.46. The summed E-state index contributed by atoms with van der Waals surface area (Å²) < 4.78 is 22.7. The molecule has 0 aromatic heterocycles. The van der Waals surface area contributed by atoms with Crippen molar-refractivity contribution in [1.82, 2.24) is 5.32 Å². The zero-order chi connectivity index (χ0) is 56.7. The van der Waals surface area contributed by atoms with Crippen molar-refractivity contribution in [3.8, 4) is 0 Å². The fourth-order valence-electron chi connectivity index (χ4n) is 10.6. The number of nitrogens with one attached hydrogen (secondary N) is 1. The molecule has 0 saturated carbocycles. The molecule has 12 atom stereocenters. The number of allylic oxidation sites excluding steroid dienone is 5. The van der Waals surface area contributed by atoms with E-state index < -0.39 is 86.8 Å². The van der Waals surface area contributed by atoms with E-state index in [0.29, 0.717) is 6.42 Å². The molecule has 2 aliphatic rings. The fraction of sp³-hybridized carbons (Fsp3) is 0.891. The van der Waals surface area contributed by atoms with Crippen molar-refractivity contribution in [3.63, 3.8) is 0 Å². The first kappa shape index (κ1) is 72.3. The van der Waals surface area contributed by atoms with Crippen LogP contribution < -0.4 is 5.32 Å². The van der Waals surface area contributed by atoms with Crippen molar-refractivity contribution in [3.05, 3.63) is 36.5 Å². The highest BCUT2D eigenvalue weighted by Crippen LogP contribution is 2.30. The molecule has 2 fully saturated rings. The quantitative estimate of drug-likeness (QED) is 0.0204. The highest BCUT2D eigenvalue weighted by molar-refractivity contribution is 5.76. The van der Waals surface area contributed by atoms with E-state index in [4.69, 9.17) is 18.9 Å². The van der Waals surface area contributed by atoms with Gasteiger partial charge in [-0.3, -0.25) is 4.79 Å². The molecule has 0 spiro atoms. The predicted molar refractivity (Wildman–Crippen MR) is 314 cm³/mol. The Bertz CT molecular complexity index is 1450. The molecule has 2 aliphatic heterocycles. The average Bonchev–Trinajstić information content (AvgIpc) is 3.44. The van der Waals surface area contributed by atoms with E-state index in [9.17, 15) is 45.6 Å². The van der Waals surface area contributed by atoms with Crippen LogP contribution >= 0.6 is 0 Å². The number of hydrogen-bond donors (Lipinski definition) is 9. The molecule has 2 saturated heterocycles. The number of hydrogen-bond acceptors (Lipinski definition) is 13. The Morgan fingerprint density at radius 1 is 0.462 bits per heavy atom. The van der Waals surface area contributed by atoms with Crippen LogP contribution in [0.4, 0.5) is 0 Å². The second kappa shape index (κ2) is 49.8. The van der Waals surface area contributed by atoms with Crippen LogP contribution in [0.1, 0.15) is 271 Å². The van der Waals surface area contributed by atoms with Crippen LogP contribution in [0.3, 0.4) is 0 Å². The lowest BCUT2D eigenvalue weighted by Crippen LogP contribution is -2.65. The summed E-state index contributed by atoms with van der Waals surface area (Å²) in [7, 11) is 0. The van der Waals surface area contributed by atoms with Crippen LogP contribution in [0.25, 0.3) is 0 Å². The van der Waals surface area contributed by atoms with E-state index in [0.717, 1.165) is 44.9 Å². The van der Waals surface area contributed by atoms with Gasteiger partial charge in [0.25, 0.3) is 0 Å². The molecule has 0 aromatic rings. The molecule has 2 rings (SSSR count). The second-order valence-electron chi connectivity index (χ2n) is 22.9. The Labute approximate surface area is 474 Å². The highest BCUT2D eigenvalue weighted by Gasteiger charge is 2.51. The van der Waals surface area contributed by atoms with E-state index in [1.807, 2.05) is 6.08 Å². The van der Waals surface area contributed by atoms with Crippen LogP contribution in [0.15, 0.2) is 36.5 Å². The first-order valence-electron chi connectivity index (χ1n) is 32.2. The molecule has 78 heavy (non-hydrogen) atoms. The average molecular weight is 1110 g/mol. The van der Waals surface area contributed by atoms with Gasteiger partial charge >= 0.3 is 0 Å². The van der Waals surface area contributed by atoms with Crippen LogP contribution in [-0.4, -0.2) is 140 Å². The number of amides is 1. The van der Waals surface area contributed by atoms with Gasteiger partial charge in [0.2, 0.25) is 5.91 Å². The first-order valence-corrected chi connectivity index (χ1v) is 32.2. The Hall–Kier alpha value is -1.79. The van der Waals surface area contributed by atoms with Crippen LogP contribution in [0.2, 0.25) is 0 Å². The molecule has 458 valence electrons. The van der Waals surface area contributed by atoms with Gasteiger partial charge in [0.05, 0.1) is 32.0 Å². The maximum atomic E-state index is 13.2. The van der Waals surface area contributed by atoms with Gasteiger partial charge in [-0.25, -0.2) is 0 Å². The van der Waals surface area contributed by atoms with Crippen molar-refractivity contribution in [2.75, 3.05) is 19.8 Å². The number of rotatable bonds is 52. The van der Waals surface area contributed by atoms with E-state index >= 15 is 0 Å². The number of unbranched alkanes of at least 4 members (excludes halogenated alkanes) is 35. The van der Waals surface area contributed by atoms with Gasteiger partial charge < -0.3 is 65.1 Å². The summed E-state index contributed by atoms with van der Waals surface area (Å²) >= 11 is 0. The van der Waals surface area contributed by atoms with Crippen molar-refractivity contribution in [2.45, 2.75) is 344 Å². The van der Waals surface area contributed by atoms with E-state index in [1.54, 1.807) is 6.08 Å². The minimum absolute atomic E-state index is 0.238. The summed E-state index contributed by atoms with van der Waals surface area (Å²) in [6.07, 6.45) is 45.3. The maximum absolute atomic E-state index is 13.2. The third kappa shape index (κ3) is 34.6. The van der Waals surface area contributed by atoms with E-state index in [-0.39, 0.29) is 18.9 Å². The zero-order valence-corrected chi connectivity index (χ0v) is 49.4. The lowest BCUT2D eigenvalue weighted by molar-refractivity contribution is -0.359. The van der Waals surface area contributed by atoms with Gasteiger partial charge in [-0.2, -0.15) is 0 Å². The molecular formula is C64H119NO13. The third-order valence-electron chi connectivity index (χ3n) is 15.8. The minimum Gasteiger partial charge on any atom is -0.394 e. The normalized spacial score (nSPS) is 24.7. The van der Waals surface area contributed by atoms with Crippen molar-refractivity contribution >= 4 is 5.91 Å². The summed E-state index contributed by atoms with van der Waals surface area (Å²) in [4.78, 5) is 13.2. The number of carbonyl (C=O) groups is 1. The molecule has 14 nitrogen and oxygen atoms in total. The zero-order valence-electron chi connectivity index (χ0n) is 49.4. The largest absolute Gasteiger partial charge is 0.394 e. The van der Waals surface area contributed by atoms with Crippen molar-refractivity contribution in [2.24, 2.45) is 0 Å². The van der Waals surface area contributed by atoms with Gasteiger partial charge in [-0.15, -0.1) is 0 Å². The van der Waals surface area contributed by atoms with Crippen LogP contribution in [0.5, 0.6) is 0 Å². The number of aliphatic hydroxyl groups is 8. The Balaban J connectivity index is 1.55. The number of ether oxygens (including phenoxy) is 4. The lowest BCUT2D eigenvalue weighted by atomic mass is 9.97. The van der Waals surface area contributed by atoms with Gasteiger partial charge in [-0.05, 0) is 51.4 Å². The van der Waals surface area contributed by atoms with Gasteiger partial charge in [-0.1, -0.05) is 249 Å². The van der Waals surface area contributed by atoms with E-state index in [1.165, 1.54) is 199 Å². The highest BCUT2D eigenvalue weighted by atomic mass is 16.7. The molecule has 0 bridgehead atoms. The van der Waals surface area contributed by atoms with E-state index in [2.05, 4.69) is 43.5 Å². The summed E-state index contributed by atoms with van der Waals surface area (Å²) in [5.41, 5.74) is 0. The molecule has 0 aromatic carbocycles. The molecular weight excluding hydrogens is 991 g/mol. The fourth-order valence-corrected chi connectivity index (χ4v) is 10.6. The molecule has 9 N–H and O–H groups in total. The van der Waals surface area contributed by atoms with Gasteiger partial charge in [0, 0.05) is 6.42 Å². The Morgan fingerprint density at radius 2 is 0.846 bits per heavy atom. The second-order valence-corrected chi connectivity index (χ2v) is 22.9. The topological polar surface area (TPSA) is 228 Å². The van der Waals surface area contributed by atoms with Crippen molar-refractivity contribution in [1.29, 1.82) is 0 Å². The number of carbonyl (C=O) groups excluding carboxylic acids is 1. The van der Waals surface area contributed by atoms with Crippen LogP contribution in [-0.2, 0) is 23.7 Å². The monoisotopic (exact) mass is 1110 g/mol. The number of aliphatic hydroxyl groups excluding tert-OH is 8. The third-order valence-corrected chi connectivity index (χ3v) is 15.8. The standard InChI is InChI=1S/C64H119NO13/c1-3-5-7-9-11-13-14-15-16-17-18-19-20-21-22-23-24-25-26-27-28-29-30-31-32-33-34-35-36-37-38-40-42-44-46-48-56(69)65-52(53(68)47-45-43-41-39-12-10-8-6-4-2)51-75-63-61(74)59(72)62(55(50-67)77-63)78-64-60(73)58(71)57(70)54(49-66)76-64/h14-15,17-18,45,47,52-55,57-64,66-68,70-74H,3-13,16,19-44,46,48-51H2,1-2H3,(H,65,69)/b15-14-,18-17-,47-45+. The molecule has 12 unspecified atom stereocenters. The molecule has 0 aliphatic carbocycles. The Morgan fingerprint density at radius 3 is 1.28 bits per heavy atom. The summed E-state index contributed by atoms with van der Waals surface area (Å²) in [5, 5.41) is 86.8. The smallest absolute Gasteiger partial charge is 0.220 e. The summed E-state index contributed by atoms with van der Waals surface area (Å²) in [5.74, 6) is -0.238. The predicted octanol–water partition coefficient (Wildman–Crippen LogP) is 11.8. The molecule has 1 amide bonds. The van der Waals surface area contributed by atoms with Gasteiger partial charge in [0.1, 0.15) is 48.8 Å². The Kier molecular flexibility index (Phi) is 46.2. The maximum Gasteiger partial charge on any atom is 0.220 e. The molecule has 2 heterocycles. The van der Waals surface area contributed by atoms with Crippen molar-refractivity contribution < 1.29 is 64.6 Å². The summed E-state index contributed by atoms with van der Waals surface area (Å²) in [6.45, 7) is 2.76.